The molecule has 3 unspecified atom stereocenters. The molecule has 0 aliphatic carbocycles. The Morgan fingerprint density at radius 3 is 0.789 bits per heavy atom. The van der Waals surface area contributed by atoms with Crippen molar-refractivity contribution in [3.63, 3.8) is 0 Å². The summed E-state index contributed by atoms with van der Waals surface area (Å²) >= 11 is 0. The Morgan fingerprint density at radius 1 is 0.311 bits per heavy atom. The summed E-state index contributed by atoms with van der Waals surface area (Å²) in [4.78, 5) is 72.5. The number of carbonyl (C=O) groups is 4. The van der Waals surface area contributed by atoms with Gasteiger partial charge in [-0.15, -0.1) is 0 Å². The van der Waals surface area contributed by atoms with Crippen molar-refractivity contribution in [2.45, 2.75) is 369 Å². The first kappa shape index (κ1) is 88.1. The average molecular weight is 1330 g/mol. The van der Waals surface area contributed by atoms with Crippen LogP contribution in [-0.4, -0.2) is 96.7 Å². The molecule has 17 nitrogen and oxygen atoms in total. The van der Waals surface area contributed by atoms with Crippen LogP contribution in [0.2, 0.25) is 0 Å². The van der Waals surface area contributed by atoms with Crippen LogP contribution >= 0.6 is 15.6 Å². The summed E-state index contributed by atoms with van der Waals surface area (Å²) in [6, 6.07) is 0. The summed E-state index contributed by atoms with van der Waals surface area (Å²) in [5.41, 5.74) is 0. The van der Waals surface area contributed by atoms with Crippen molar-refractivity contribution in [2.75, 3.05) is 39.6 Å². The van der Waals surface area contributed by atoms with Crippen LogP contribution in [0.15, 0.2) is 0 Å². The number of carbonyl (C=O) groups excluding carboxylic acids is 4. The maximum absolute atomic E-state index is 13.0. The van der Waals surface area contributed by atoms with Gasteiger partial charge in [-0.1, -0.05) is 299 Å². The van der Waals surface area contributed by atoms with Crippen molar-refractivity contribution in [3.05, 3.63) is 0 Å². The zero-order chi connectivity index (χ0) is 66.8. The lowest BCUT2D eigenvalue weighted by molar-refractivity contribution is -0.161. The lowest BCUT2D eigenvalue weighted by Crippen LogP contribution is -2.30. The largest absolute Gasteiger partial charge is 0.472 e. The summed E-state index contributed by atoms with van der Waals surface area (Å²) in [6.07, 6.45) is 43.2. The smallest absolute Gasteiger partial charge is 0.462 e. The number of hydrogen-bond acceptors (Lipinski definition) is 15. The number of hydrogen-bond donors (Lipinski definition) is 3. The van der Waals surface area contributed by atoms with Gasteiger partial charge >= 0.3 is 39.5 Å². The molecule has 0 saturated carbocycles. The van der Waals surface area contributed by atoms with Gasteiger partial charge < -0.3 is 33.8 Å². The monoisotopic (exact) mass is 1320 g/mol. The van der Waals surface area contributed by atoms with Gasteiger partial charge in [-0.25, -0.2) is 9.13 Å². The molecule has 19 heteroatoms. The fourth-order valence-corrected chi connectivity index (χ4v) is 12.2. The summed E-state index contributed by atoms with van der Waals surface area (Å²) in [5, 5.41) is 10.6. The van der Waals surface area contributed by atoms with Crippen LogP contribution in [0.25, 0.3) is 0 Å². The van der Waals surface area contributed by atoms with Crippen LogP contribution in [0.5, 0.6) is 0 Å². The summed E-state index contributed by atoms with van der Waals surface area (Å²) in [5.74, 6) is 0.857. The van der Waals surface area contributed by atoms with Gasteiger partial charge in [0.05, 0.1) is 26.4 Å². The highest BCUT2D eigenvalue weighted by Gasteiger charge is 2.30. The third-order valence-electron chi connectivity index (χ3n) is 16.7. The molecule has 0 aromatic rings. The number of esters is 4. The minimum atomic E-state index is -4.95. The number of ether oxygens (including phenoxy) is 4. The van der Waals surface area contributed by atoms with Crippen LogP contribution < -0.4 is 0 Å². The van der Waals surface area contributed by atoms with Crippen molar-refractivity contribution in [1.29, 1.82) is 0 Å². The highest BCUT2D eigenvalue weighted by Crippen LogP contribution is 2.45. The number of phosphoric ester groups is 2. The normalized spacial score (nSPS) is 14.6. The van der Waals surface area contributed by atoms with E-state index in [1.807, 2.05) is 0 Å². The third-order valence-corrected chi connectivity index (χ3v) is 18.6. The van der Waals surface area contributed by atoms with Crippen molar-refractivity contribution >= 4 is 39.5 Å². The number of aliphatic hydroxyl groups excluding tert-OH is 1. The first-order chi connectivity index (χ1) is 43.1. The molecule has 0 spiro atoms. The molecular weight excluding hydrogens is 1190 g/mol. The number of aliphatic hydroxyl groups is 1. The van der Waals surface area contributed by atoms with E-state index >= 15 is 0 Å². The highest BCUT2D eigenvalue weighted by atomic mass is 31.2. The van der Waals surface area contributed by atoms with E-state index in [0.717, 1.165) is 114 Å². The van der Waals surface area contributed by atoms with Crippen LogP contribution in [0.1, 0.15) is 351 Å². The highest BCUT2D eigenvalue weighted by molar-refractivity contribution is 7.47. The molecule has 0 radical (unpaired) electrons. The van der Waals surface area contributed by atoms with Crippen molar-refractivity contribution in [1.82, 2.24) is 0 Å². The Bertz CT molecular complexity index is 1780. The molecule has 534 valence electrons. The molecule has 0 amide bonds. The quantitative estimate of drug-likeness (QED) is 0.0222. The number of unbranched alkanes of at least 4 members (excludes halogenated alkanes) is 33. The van der Waals surface area contributed by atoms with E-state index in [1.54, 1.807) is 0 Å². The zero-order valence-corrected chi connectivity index (χ0v) is 60.6. The predicted molar refractivity (Wildman–Crippen MR) is 363 cm³/mol. The van der Waals surface area contributed by atoms with Crippen LogP contribution in [-0.2, 0) is 65.4 Å². The van der Waals surface area contributed by atoms with E-state index in [1.165, 1.54) is 148 Å². The molecule has 0 heterocycles. The molecule has 0 aliphatic rings. The molecule has 0 aromatic carbocycles. The minimum Gasteiger partial charge on any atom is -0.462 e. The molecule has 0 aromatic heterocycles. The maximum Gasteiger partial charge on any atom is 0.472 e. The Labute approximate surface area is 549 Å². The second-order valence-electron chi connectivity index (χ2n) is 27.3. The van der Waals surface area contributed by atoms with Crippen molar-refractivity contribution in [3.8, 4) is 0 Å². The Kier molecular flexibility index (Phi) is 59.4. The lowest BCUT2D eigenvalue weighted by atomic mass is 9.99. The van der Waals surface area contributed by atoms with Gasteiger partial charge in [0, 0.05) is 25.7 Å². The molecule has 0 rings (SSSR count). The molecule has 6 atom stereocenters. The van der Waals surface area contributed by atoms with Crippen molar-refractivity contribution in [2.24, 2.45) is 23.7 Å². The third kappa shape index (κ3) is 63.5. The lowest BCUT2D eigenvalue weighted by Gasteiger charge is -2.21. The van der Waals surface area contributed by atoms with Gasteiger partial charge in [-0.2, -0.15) is 0 Å². The Morgan fingerprint density at radius 2 is 0.533 bits per heavy atom. The standard InChI is InChI=1S/C71H138O17P2/c1-9-64(8)50-42-34-25-21-22-28-38-46-54-71(76)88-66(57-81-68(73)51-43-35-26-20-16-18-24-32-40-48-62(4)5)59-85-89(77,78)83-55-65(72)56-84-90(79,80)86-60-67(58-82-69(74)52-44-36-30-29-33-41-49-63(6)7)87-70(75)53-45-37-27-19-15-13-11-10-12-14-17-23-31-39-47-61(2)3/h61-67,72H,9-60H2,1-8H3,(H,77,78)(H,79,80)/t64?,65-,66-,67-/m1/s1. The Hall–Kier alpha value is -1.94. The molecule has 0 bridgehead atoms. The summed E-state index contributed by atoms with van der Waals surface area (Å²) in [7, 11) is -9.90. The second-order valence-corrected chi connectivity index (χ2v) is 30.2. The summed E-state index contributed by atoms with van der Waals surface area (Å²) < 4.78 is 68.3. The van der Waals surface area contributed by atoms with E-state index in [0.29, 0.717) is 31.6 Å². The van der Waals surface area contributed by atoms with Gasteiger partial charge in [0.25, 0.3) is 0 Å². The summed E-state index contributed by atoms with van der Waals surface area (Å²) in [6.45, 7) is 14.1. The number of phosphoric acid groups is 2. The van der Waals surface area contributed by atoms with Gasteiger partial charge in [0.1, 0.15) is 19.3 Å². The molecule has 0 fully saturated rings. The molecule has 0 saturated heterocycles. The Balaban J connectivity index is 5.23. The minimum absolute atomic E-state index is 0.104. The van der Waals surface area contributed by atoms with E-state index in [2.05, 4.69) is 55.4 Å². The second kappa shape index (κ2) is 60.7. The first-order valence-electron chi connectivity index (χ1n) is 36.7. The van der Waals surface area contributed by atoms with Gasteiger partial charge in [-0.3, -0.25) is 37.3 Å². The molecular formula is C71H138O17P2. The first-order valence-corrected chi connectivity index (χ1v) is 39.7. The molecule has 0 aliphatic heterocycles. The van der Waals surface area contributed by atoms with E-state index < -0.39 is 97.5 Å². The average Bonchev–Trinajstić information content (AvgIpc) is 3.50. The number of rotatable bonds is 68. The van der Waals surface area contributed by atoms with Gasteiger partial charge in [0.15, 0.2) is 12.2 Å². The van der Waals surface area contributed by atoms with E-state index in [-0.39, 0.29) is 25.7 Å². The maximum atomic E-state index is 13.0. The fourth-order valence-electron chi connectivity index (χ4n) is 10.6. The van der Waals surface area contributed by atoms with Gasteiger partial charge in [0.2, 0.25) is 0 Å². The fraction of sp³-hybridized carbons (Fsp3) is 0.944. The predicted octanol–water partition coefficient (Wildman–Crippen LogP) is 20.1. The van der Waals surface area contributed by atoms with Crippen LogP contribution in [0, 0.1) is 23.7 Å². The SMILES string of the molecule is CCC(C)CCCCCCCCCCC(=O)O[C@H](COC(=O)CCCCCCCCCCCC(C)C)COP(=O)(O)OC[C@@H](O)COP(=O)(O)OC[C@@H](COC(=O)CCCCCCCCC(C)C)OC(=O)CCCCCCCCCCCCCCCCC(C)C. The topological polar surface area (TPSA) is 237 Å². The van der Waals surface area contributed by atoms with Gasteiger partial charge in [-0.05, 0) is 49.4 Å². The van der Waals surface area contributed by atoms with Crippen LogP contribution in [0.3, 0.4) is 0 Å². The molecule has 90 heavy (non-hydrogen) atoms. The van der Waals surface area contributed by atoms with E-state index in [9.17, 15) is 43.2 Å². The van der Waals surface area contributed by atoms with Crippen molar-refractivity contribution < 1.29 is 80.2 Å². The molecule has 3 N–H and O–H groups in total. The van der Waals surface area contributed by atoms with E-state index in [4.69, 9.17) is 37.0 Å². The van der Waals surface area contributed by atoms with Crippen LogP contribution in [0.4, 0.5) is 0 Å². The zero-order valence-electron chi connectivity index (χ0n) is 58.8.